The third-order valence-corrected chi connectivity index (χ3v) is 4.16. The Hall–Kier alpha value is 0. The van der Waals surface area contributed by atoms with Crippen molar-refractivity contribution in [1.29, 1.82) is 0 Å². The van der Waals surface area contributed by atoms with Crippen LogP contribution in [0.2, 0.25) is 0 Å². The highest BCUT2D eigenvalue weighted by Gasteiger charge is 2.43. The van der Waals surface area contributed by atoms with E-state index in [-0.39, 0.29) is 0 Å². The van der Waals surface area contributed by atoms with Crippen LogP contribution < -0.4 is 0 Å². The van der Waals surface area contributed by atoms with Gasteiger partial charge in [0.25, 0.3) is 0 Å². The highest BCUT2D eigenvalue weighted by Crippen LogP contribution is 2.52. The molecule has 13 heavy (non-hydrogen) atoms. The molecule has 1 saturated carbocycles. The molecule has 1 fully saturated rings. The minimum absolute atomic E-state index is 0.648. The first-order valence-electron chi connectivity index (χ1n) is 6.08. The van der Waals surface area contributed by atoms with E-state index in [9.17, 15) is 0 Å². The zero-order chi connectivity index (χ0) is 9.90. The second-order valence-corrected chi connectivity index (χ2v) is 5.59. The van der Waals surface area contributed by atoms with Gasteiger partial charge in [-0.25, -0.2) is 0 Å². The second kappa shape index (κ2) is 4.48. The lowest BCUT2D eigenvalue weighted by Gasteiger charge is -2.50. The molecule has 0 heteroatoms. The maximum Gasteiger partial charge on any atom is -0.0323 e. The van der Waals surface area contributed by atoms with Crippen LogP contribution in [0.5, 0.6) is 0 Å². The van der Waals surface area contributed by atoms with E-state index in [4.69, 9.17) is 0 Å². The smallest absolute Gasteiger partial charge is 0.0323 e. The van der Waals surface area contributed by atoms with Gasteiger partial charge in [0, 0.05) is 0 Å². The van der Waals surface area contributed by atoms with Gasteiger partial charge < -0.3 is 0 Å². The largest absolute Gasteiger partial charge is 0.0654 e. The van der Waals surface area contributed by atoms with Crippen LogP contribution in [-0.4, -0.2) is 0 Å². The van der Waals surface area contributed by atoms with Gasteiger partial charge in [0.1, 0.15) is 0 Å². The zero-order valence-electron chi connectivity index (χ0n) is 9.90. The summed E-state index contributed by atoms with van der Waals surface area (Å²) < 4.78 is 0. The lowest BCUT2D eigenvalue weighted by molar-refractivity contribution is -0.00353. The average Bonchev–Trinajstić information content (AvgIpc) is 2.10. The molecule has 0 aliphatic heterocycles. The van der Waals surface area contributed by atoms with Crippen molar-refractivity contribution in [3.63, 3.8) is 0 Å². The molecule has 1 aliphatic carbocycles. The van der Waals surface area contributed by atoms with Crippen LogP contribution in [0.4, 0.5) is 0 Å². The summed E-state index contributed by atoms with van der Waals surface area (Å²) in [6, 6.07) is 0. The van der Waals surface area contributed by atoms with Gasteiger partial charge in [0.2, 0.25) is 0 Å². The predicted octanol–water partition coefficient (Wildman–Crippen LogP) is 4.64. The van der Waals surface area contributed by atoms with Gasteiger partial charge in [0.15, 0.2) is 0 Å². The molecule has 1 aliphatic rings. The quantitative estimate of drug-likeness (QED) is 0.543. The molecule has 1 rings (SSSR count). The third kappa shape index (κ3) is 2.72. The Labute approximate surface area is 84.1 Å². The molecule has 0 N–H and O–H groups in total. The first kappa shape index (κ1) is 11.1. The molecule has 0 saturated heterocycles. The Bertz CT molecular complexity index is 146. The van der Waals surface area contributed by atoms with Gasteiger partial charge in [-0.15, -0.1) is 0 Å². The summed E-state index contributed by atoms with van der Waals surface area (Å²) in [5.74, 6) is 2.01. The number of hydrogen-bond acceptors (Lipinski definition) is 0. The standard InChI is InChI=1S/C13H26/c1-5-6-7-8-9-12-10-13(3,4)11(12)2/h11-12H,5-10H2,1-4H3/t11-,12-/m1/s1. The minimum atomic E-state index is 0.648. The number of hydrogen-bond donors (Lipinski definition) is 0. The molecule has 0 unspecified atom stereocenters. The van der Waals surface area contributed by atoms with Gasteiger partial charge in [-0.3, -0.25) is 0 Å². The summed E-state index contributed by atoms with van der Waals surface area (Å²) >= 11 is 0. The van der Waals surface area contributed by atoms with E-state index in [1.54, 1.807) is 0 Å². The SMILES string of the molecule is CCCCCC[C@@H]1CC(C)(C)[C@@H]1C. The fourth-order valence-electron chi connectivity index (χ4n) is 2.70. The highest BCUT2D eigenvalue weighted by molar-refractivity contribution is 4.92. The zero-order valence-corrected chi connectivity index (χ0v) is 9.90. The van der Waals surface area contributed by atoms with Crippen LogP contribution in [0, 0.1) is 17.3 Å². The molecule has 0 bridgehead atoms. The Kier molecular flexibility index (Phi) is 3.82. The molecule has 0 aromatic rings. The van der Waals surface area contributed by atoms with Gasteiger partial charge in [0.05, 0.1) is 0 Å². The fraction of sp³-hybridized carbons (Fsp3) is 1.00. The molecular formula is C13H26. The first-order valence-corrected chi connectivity index (χ1v) is 6.08. The Morgan fingerprint density at radius 3 is 2.31 bits per heavy atom. The summed E-state index contributed by atoms with van der Waals surface area (Å²) in [7, 11) is 0. The topological polar surface area (TPSA) is 0 Å². The van der Waals surface area contributed by atoms with Gasteiger partial charge in [-0.05, 0) is 23.7 Å². The Balaban J connectivity index is 2.06. The average molecular weight is 182 g/mol. The molecule has 0 nitrogen and oxygen atoms in total. The predicted molar refractivity (Wildman–Crippen MR) is 59.8 cm³/mol. The Morgan fingerprint density at radius 1 is 1.15 bits per heavy atom. The van der Waals surface area contributed by atoms with E-state index in [2.05, 4.69) is 27.7 Å². The van der Waals surface area contributed by atoms with E-state index < -0.39 is 0 Å². The van der Waals surface area contributed by atoms with Crippen LogP contribution >= 0.6 is 0 Å². The second-order valence-electron chi connectivity index (χ2n) is 5.59. The van der Waals surface area contributed by atoms with Crippen LogP contribution in [0.3, 0.4) is 0 Å². The molecule has 2 atom stereocenters. The van der Waals surface area contributed by atoms with E-state index >= 15 is 0 Å². The van der Waals surface area contributed by atoms with Crippen molar-refractivity contribution in [2.45, 2.75) is 66.2 Å². The number of unbranched alkanes of at least 4 members (excludes halogenated alkanes) is 3. The highest BCUT2D eigenvalue weighted by atomic mass is 14.5. The summed E-state index contributed by atoms with van der Waals surface area (Å²) in [5.41, 5.74) is 0.648. The van der Waals surface area contributed by atoms with Crippen molar-refractivity contribution in [2.75, 3.05) is 0 Å². The van der Waals surface area contributed by atoms with Crippen molar-refractivity contribution in [3.05, 3.63) is 0 Å². The summed E-state index contributed by atoms with van der Waals surface area (Å²) in [6.45, 7) is 9.56. The van der Waals surface area contributed by atoms with E-state index in [1.165, 1.54) is 38.5 Å². The summed E-state index contributed by atoms with van der Waals surface area (Å²) in [6.07, 6.45) is 8.69. The molecule has 0 radical (unpaired) electrons. The molecule has 0 spiro atoms. The van der Waals surface area contributed by atoms with Crippen molar-refractivity contribution < 1.29 is 0 Å². The Morgan fingerprint density at radius 2 is 1.85 bits per heavy atom. The molecule has 0 aromatic heterocycles. The van der Waals surface area contributed by atoms with Crippen molar-refractivity contribution in [1.82, 2.24) is 0 Å². The first-order chi connectivity index (χ1) is 6.08. The minimum Gasteiger partial charge on any atom is -0.0654 e. The maximum absolute atomic E-state index is 2.44. The van der Waals surface area contributed by atoms with E-state index in [0.29, 0.717) is 5.41 Å². The lowest BCUT2D eigenvalue weighted by Crippen LogP contribution is -2.41. The monoisotopic (exact) mass is 182 g/mol. The van der Waals surface area contributed by atoms with Gasteiger partial charge in [-0.2, -0.15) is 0 Å². The van der Waals surface area contributed by atoms with Crippen LogP contribution in [0.15, 0.2) is 0 Å². The van der Waals surface area contributed by atoms with E-state index in [1.807, 2.05) is 0 Å². The fourth-order valence-corrected chi connectivity index (χ4v) is 2.70. The van der Waals surface area contributed by atoms with Crippen molar-refractivity contribution in [2.24, 2.45) is 17.3 Å². The molecule has 0 heterocycles. The third-order valence-electron chi connectivity index (χ3n) is 4.16. The van der Waals surface area contributed by atoms with Gasteiger partial charge in [-0.1, -0.05) is 59.8 Å². The van der Waals surface area contributed by atoms with Crippen molar-refractivity contribution in [3.8, 4) is 0 Å². The van der Waals surface area contributed by atoms with Crippen LogP contribution in [0.1, 0.15) is 66.2 Å². The normalized spacial score (nSPS) is 31.4. The van der Waals surface area contributed by atoms with E-state index in [0.717, 1.165) is 11.8 Å². The lowest BCUT2D eigenvalue weighted by atomic mass is 9.55. The van der Waals surface area contributed by atoms with Crippen LogP contribution in [0.25, 0.3) is 0 Å². The van der Waals surface area contributed by atoms with Crippen LogP contribution in [-0.2, 0) is 0 Å². The maximum atomic E-state index is 2.44. The number of rotatable bonds is 5. The molecular weight excluding hydrogens is 156 g/mol. The van der Waals surface area contributed by atoms with Gasteiger partial charge >= 0.3 is 0 Å². The summed E-state index contributed by atoms with van der Waals surface area (Å²) in [4.78, 5) is 0. The molecule has 0 amide bonds. The molecule has 78 valence electrons. The van der Waals surface area contributed by atoms with Crippen molar-refractivity contribution >= 4 is 0 Å². The molecule has 0 aromatic carbocycles. The summed E-state index contributed by atoms with van der Waals surface area (Å²) in [5, 5.41) is 0.